The number of aliphatic hydroxyl groups is 1. The van der Waals surface area contributed by atoms with E-state index in [4.69, 9.17) is 14.2 Å². The van der Waals surface area contributed by atoms with Gasteiger partial charge in [-0.3, -0.25) is 14.4 Å². The number of aromatic hydroxyl groups is 3. The lowest BCUT2D eigenvalue weighted by Gasteiger charge is -2.38. The van der Waals surface area contributed by atoms with Gasteiger partial charge in [-0.2, -0.15) is 0 Å². The molecule has 1 spiro atoms. The number of carbonyl (C=O) groups excluding carboxylic acids is 3. The van der Waals surface area contributed by atoms with Crippen LogP contribution in [0.3, 0.4) is 0 Å². The number of anilines is 1. The second kappa shape index (κ2) is 24.8. The van der Waals surface area contributed by atoms with Gasteiger partial charge in [-0.15, -0.1) is 0 Å². The summed E-state index contributed by atoms with van der Waals surface area (Å²) in [4.78, 5) is 47.0. The maximum atomic E-state index is 15.3. The topological polar surface area (TPSA) is 196 Å². The molecular formula is C71H76N4O10. The summed E-state index contributed by atoms with van der Waals surface area (Å²) in [7, 11) is 1.48. The summed E-state index contributed by atoms with van der Waals surface area (Å²) in [5.41, 5.74) is 8.64. The predicted octanol–water partition coefficient (Wildman–Crippen LogP) is 13.5. The maximum Gasteiger partial charge on any atom is 0.302 e. The lowest BCUT2D eigenvalue weighted by atomic mass is 9.66. The zero-order chi connectivity index (χ0) is 59.5. The molecule has 4 heterocycles. The molecule has 85 heavy (non-hydrogen) atoms. The molecule has 5 aromatic carbocycles. The minimum absolute atomic E-state index is 0.00446. The largest absolute Gasteiger partial charge is 0.508 e. The monoisotopic (exact) mass is 1140 g/mol. The van der Waals surface area contributed by atoms with Crippen LogP contribution in [0.2, 0.25) is 0 Å². The number of fused-ring (bicyclic) bond motifs is 4. The summed E-state index contributed by atoms with van der Waals surface area (Å²) < 4.78 is 20.8. The Hall–Kier alpha value is -8.75. The lowest BCUT2D eigenvalue weighted by Crippen LogP contribution is -2.35. The normalized spacial score (nSPS) is 22.0. The van der Waals surface area contributed by atoms with Crippen LogP contribution in [-0.2, 0) is 38.4 Å². The van der Waals surface area contributed by atoms with E-state index in [1.165, 1.54) is 20.1 Å². The SMILES string of the molecule is CC[C@H](c1ccccc1)c1cc(O)cc(Oc2c(O)cc([C@@H]3CC(=O)C[C@H](OC(C)=O)CC[C@@]4(C=CC=C[C@@H]4C)Cc4c[nH]cc4C[C@@H](c4cccc(O)c4)C4=CCNC(=C4)N(CCC(C)=O)c4ccc5c6c(n3cc46)CC[C@H]5O)cc2OC)c1. The van der Waals surface area contributed by atoms with Crippen molar-refractivity contribution in [2.24, 2.45) is 11.3 Å². The molecule has 2 aliphatic carbocycles. The zero-order valence-corrected chi connectivity index (χ0v) is 49.0. The minimum Gasteiger partial charge on any atom is -0.508 e. The van der Waals surface area contributed by atoms with Crippen LogP contribution in [0.1, 0.15) is 141 Å². The highest BCUT2D eigenvalue weighted by Crippen LogP contribution is 2.49. The number of benzene rings is 5. The molecule has 11 rings (SSSR count). The van der Waals surface area contributed by atoms with Crippen LogP contribution in [0, 0.1) is 11.3 Å². The highest BCUT2D eigenvalue weighted by Gasteiger charge is 2.38. The van der Waals surface area contributed by atoms with Crippen LogP contribution in [0.5, 0.6) is 34.5 Å². The van der Waals surface area contributed by atoms with Gasteiger partial charge >= 0.3 is 5.97 Å². The summed E-state index contributed by atoms with van der Waals surface area (Å²) in [5.74, 6) is 0.339. The van der Waals surface area contributed by atoms with Gasteiger partial charge in [-0.1, -0.05) is 92.8 Å². The number of methoxy groups -OCH3 is 1. The number of hydrogen-bond acceptors (Lipinski definition) is 12. The van der Waals surface area contributed by atoms with Gasteiger partial charge < -0.3 is 54.4 Å². The number of nitrogens with one attached hydrogen (secondary N) is 2. The van der Waals surface area contributed by atoms with Gasteiger partial charge in [0.1, 0.15) is 40.7 Å². The van der Waals surface area contributed by atoms with Crippen LogP contribution in [-0.4, -0.2) is 73.8 Å². The molecule has 0 fully saturated rings. The minimum atomic E-state index is -0.782. The van der Waals surface area contributed by atoms with Gasteiger partial charge in [0.2, 0.25) is 5.75 Å². The van der Waals surface area contributed by atoms with E-state index in [1.807, 2.05) is 54.7 Å². The number of allylic oxidation sites excluding steroid dienone is 6. The van der Waals surface area contributed by atoms with Crippen molar-refractivity contribution < 1.29 is 49.0 Å². The Morgan fingerprint density at radius 3 is 2.45 bits per heavy atom. The summed E-state index contributed by atoms with van der Waals surface area (Å²) in [6, 6.07) is 29.1. The number of esters is 1. The van der Waals surface area contributed by atoms with E-state index in [-0.39, 0.29) is 83.1 Å². The van der Waals surface area contributed by atoms with Crippen LogP contribution >= 0.6 is 0 Å². The van der Waals surface area contributed by atoms with Gasteiger partial charge in [0.15, 0.2) is 11.5 Å². The van der Waals surface area contributed by atoms with E-state index in [0.29, 0.717) is 57.2 Å². The van der Waals surface area contributed by atoms with Crippen molar-refractivity contribution in [1.29, 1.82) is 0 Å². The Kier molecular flexibility index (Phi) is 17.0. The predicted molar refractivity (Wildman–Crippen MR) is 330 cm³/mol. The third-order valence-corrected chi connectivity index (χ3v) is 18.0. The fourth-order valence-corrected chi connectivity index (χ4v) is 13.6. The third kappa shape index (κ3) is 12.3. The Labute approximate surface area is 496 Å². The molecule has 0 saturated heterocycles. The number of Topliss-reactive ketones (excluding diaryl/α,β-unsaturated/α-hetero) is 2. The summed E-state index contributed by atoms with van der Waals surface area (Å²) >= 11 is 0. The molecule has 2 aliphatic heterocycles. The molecule has 440 valence electrons. The van der Waals surface area contributed by atoms with Gasteiger partial charge in [0.05, 0.1) is 24.9 Å². The molecule has 0 unspecified atom stereocenters. The van der Waals surface area contributed by atoms with Crippen molar-refractivity contribution in [3.05, 3.63) is 208 Å². The number of aromatic amines is 1. The van der Waals surface area contributed by atoms with Crippen molar-refractivity contribution in [2.45, 2.75) is 122 Å². The summed E-state index contributed by atoms with van der Waals surface area (Å²) in [5, 5.41) is 51.5. The number of ketones is 2. The molecule has 7 atom stereocenters. The Morgan fingerprint density at radius 2 is 1.68 bits per heavy atom. The molecule has 0 radical (unpaired) electrons. The van der Waals surface area contributed by atoms with Crippen molar-refractivity contribution in [1.82, 2.24) is 14.9 Å². The molecule has 4 bridgehead atoms. The van der Waals surface area contributed by atoms with Gasteiger partial charge in [0, 0.05) is 92.2 Å². The second-order valence-electron chi connectivity index (χ2n) is 23.6. The number of nitrogens with zero attached hydrogens (tertiary/aromatic N) is 2. The van der Waals surface area contributed by atoms with E-state index in [1.54, 1.807) is 31.2 Å². The highest BCUT2D eigenvalue weighted by atomic mass is 16.5. The number of phenols is 3. The van der Waals surface area contributed by atoms with Crippen LogP contribution in [0.4, 0.5) is 5.69 Å². The molecule has 0 saturated carbocycles. The molecule has 2 aromatic heterocycles. The molecule has 6 N–H and O–H groups in total. The first-order valence-corrected chi connectivity index (χ1v) is 29.8. The van der Waals surface area contributed by atoms with Crippen LogP contribution < -0.4 is 19.7 Å². The number of aromatic nitrogens is 2. The van der Waals surface area contributed by atoms with E-state index < -0.39 is 29.6 Å². The fourth-order valence-electron chi connectivity index (χ4n) is 13.6. The van der Waals surface area contributed by atoms with E-state index >= 15 is 4.79 Å². The molecule has 0 amide bonds. The first kappa shape index (κ1) is 58.0. The maximum absolute atomic E-state index is 15.3. The summed E-state index contributed by atoms with van der Waals surface area (Å²) in [6.07, 6.45) is 21.5. The van der Waals surface area contributed by atoms with Gasteiger partial charge in [-0.25, -0.2) is 0 Å². The molecule has 14 heteroatoms. The van der Waals surface area contributed by atoms with Crippen molar-refractivity contribution in [3.8, 4) is 34.5 Å². The second-order valence-corrected chi connectivity index (χ2v) is 23.6. The van der Waals surface area contributed by atoms with Gasteiger partial charge in [0.25, 0.3) is 0 Å². The number of phenolic OH excluding ortho intramolecular Hbond substituents is 3. The number of H-pyrrole nitrogens is 1. The van der Waals surface area contributed by atoms with E-state index in [9.17, 15) is 30.0 Å². The quantitative estimate of drug-likeness (QED) is 0.0635. The molecular weight excluding hydrogens is 1070 g/mol. The fraction of sp³-hybridized carbons (Fsp3) is 0.338. The number of rotatable bonds is 12. The van der Waals surface area contributed by atoms with E-state index in [0.717, 1.165) is 73.3 Å². The average molecular weight is 1150 g/mol. The van der Waals surface area contributed by atoms with Crippen molar-refractivity contribution >= 4 is 34.0 Å². The Bertz CT molecular complexity index is 3780. The molecule has 14 nitrogen and oxygen atoms in total. The lowest BCUT2D eigenvalue weighted by molar-refractivity contribution is -0.148. The van der Waals surface area contributed by atoms with Crippen LogP contribution in [0.25, 0.3) is 10.8 Å². The smallest absolute Gasteiger partial charge is 0.302 e. The highest BCUT2D eigenvalue weighted by molar-refractivity contribution is 6.00. The molecule has 4 aliphatic rings. The number of aryl methyl sites for hydroxylation is 1. The standard InChI is InChI=1S/C71H76N4O10/c1-6-58(46-14-8-7-9-15-46)49-30-54(79)37-57(31-49)85-70-66(82)33-50(34-67(70)83-5)64-38-55(80)36-56(84-45(4)77)22-26-71(25-11-10-13-43(71)2)39-52-41-72-40-51(52)32-60(47-16-12-17-53(78)29-47)48-23-27-73-68(35-48)74(28-24-44(3)76)62-19-18-59-65(81)21-20-63-69(59)61(62)42-75(63)64/h7-19,23,25,29-31,33-35,37,40-43,56,58,60,64-65,72-73,78-79,81-82H,6,20-22,24,26-28,32,36,38-39H2,1-5H3/t43-,56+,58+,60-,64-,65+,71-/m0/s1. The number of carbonyl (C=O) groups is 3. The first-order chi connectivity index (χ1) is 41.1. The zero-order valence-electron chi connectivity index (χ0n) is 49.0. The summed E-state index contributed by atoms with van der Waals surface area (Å²) in [6.45, 7) is 8.06. The first-order valence-electron chi connectivity index (χ1n) is 29.8. The number of aliphatic hydroxyl groups excluding tert-OH is 1. The average Bonchev–Trinajstić information content (AvgIpc) is 1.82. The third-order valence-electron chi connectivity index (χ3n) is 18.0. The van der Waals surface area contributed by atoms with Gasteiger partial charge in [-0.05, 0) is 156 Å². The molecule has 7 aromatic rings. The van der Waals surface area contributed by atoms with Crippen molar-refractivity contribution in [2.75, 3.05) is 25.1 Å². The Morgan fingerprint density at radius 1 is 0.859 bits per heavy atom. The number of dihydropyridines is 1. The van der Waals surface area contributed by atoms with E-state index in [2.05, 4.69) is 101 Å². The van der Waals surface area contributed by atoms with Crippen LogP contribution in [0.15, 0.2) is 164 Å². The van der Waals surface area contributed by atoms with Crippen molar-refractivity contribution in [3.63, 3.8) is 0 Å². The number of hydrogen-bond donors (Lipinski definition) is 6. The number of ether oxygens (including phenoxy) is 3. The Balaban J connectivity index is 1.08.